The minimum absolute atomic E-state index is 0. The van der Waals surface area contributed by atoms with E-state index in [0.29, 0.717) is 34.5 Å². The van der Waals surface area contributed by atoms with Crippen LogP contribution in [0, 0.1) is 0 Å². The summed E-state index contributed by atoms with van der Waals surface area (Å²) in [4.78, 5) is 52.2. The van der Waals surface area contributed by atoms with Crippen molar-refractivity contribution in [3.05, 3.63) is 126 Å². The molecule has 6 rings (SSSR count). The monoisotopic (exact) mass is 734 g/mol. The van der Waals surface area contributed by atoms with Crippen molar-refractivity contribution in [2.45, 2.75) is 38.0 Å². The molecule has 0 spiro atoms. The second kappa shape index (κ2) is 17.6. The summed E-state index contributed by atoms with van der Waals surface area (Å²) in [5.41, 5.74) is 21.5. The Kier molecular flexibility index (Phi) is 12.6. The third kappa shape index (κ3) is 9.86. The van der Waals surface area contributed by atoms with Crippen molar-refractivity contribution in [1.29, 1.82) is 0 Å². The van der Waals surface area contributed by atoms with Crippen LogP contribution in [-0.4, -0.2) is 42.5 Å². The molecular formula is C39H39ClN8O5. The fourth-order valence-electron chi connectivity index (χ4n) is 5.81. The topological polar surface area (TPSA) is 215 Å². The molecule has 0 bridgehead atoms. The van der Waals surface area contributed by atoms with Crippen LogP contribution in [0.15, 0.2) is 124 Å². The standard InChI is InChI=1S/C39H38N8O5.ClH/c40-29-22-34-35(28-15-8-7-14-27(28)29)45-30-18-17-26(21-33(30)52-34)44-36(48)31(16-9-19-43-38(41)42)46-37(49)32(20-24-10-3-1-4-11-24)47-39(50)51-23-25-12-5-2-6-13-25;/h1-8,10-15,17-18,21-22,31-32H,9,16,19-20,23,40H2,(H,46,49)(H,47,50)(H4,41,42,43);1H. The number of carbonyl (C=O) groups excluding carboxylic acids is 3. The molecule has 0 fully saturated rings. The Hall–Kier alpha value is -6.47. The summed E-state index contributed by atoms with van der Waals surface area (Å²) >= 11 is 0. The first-order chi connectivity index (χ1) is 25.2. The number of ether oxygens (including phenoxy) is 1. The number of nitrogens with two attached hydrogens (primary N) is 3. The van der Waals surface area contributed by atoms with Gasteiger partial charge in [0.05, 0.1) is 10.7 Å². The highest BCUT2D eigenvalue weighted by Crippen LogP contribution is 2.30. The van der Waals surface area contributed by atoms with Crippen molar-refractivity contribution >= 4 is 51.4 Å². The van der Waals surface area contributed by atoms with Crippen LogP contribution < -0.4 is 50.6 Å². The third-order valence-electron chi connectivity index (χ3n) is 8.39. The molecule has 4 aromatic carbocycles. The van der Waals surface area contributed by atoms with Gasteiger partial charge in [0.25, 0.3) is 11.4 Å². The SMILES string of the molecule is NC(N)=NCCCC(NC(=O)C(Cc1ccccc1)NC(=O)OCc1ccccc1)C(=O)N=c1ccc2[nH+]c3c(cc(N)c4ccccc43)oc-2c1.[Cl-]. The lowest BCUT2D eigenvalue weighted by atomic mass is 10.0. The number of carbonyl (C=O) groups is 3. The third-order valence-corrected chi connectivity index (χ3v) is 8.39. The number of benzene rings is 5. The molecule has 2 atom stereocenters. The number of hydrogen-bond acceptors (Lipinski definition) is 7. The Morgan fingerprint density at radius 2 is 1.49 bits per heavy atom. The van der Waals surface area contributed by atoms with E-state index >= 15 is 0 Å². The Balaban J connectivity index is 0.00000541. The van der Waals surface area contributed by atoms with Gasteiger partial charge in [0.15, 0.2) is 5.96 Å². The van der Waals surface area contributed by atoms with E-state index in [0.717, 1.165) is 27.4 Å². The van der Waals surface area contributed by atoms with E-state index < -0.39 is 30.0 Å². The van der Waals surface area contributed by atoms with Crippen molar-refractivity contribution in [3.63, 3.8) is 0 Å². The number of rotatable bonds is 12. The Bertz CT molecular complexity index is 2280. The Labute approximate surface area is 311 Å². The summed E-state index contributed by atoms with van der Waals surface area (Å²) in [6.45, 7) is 0.252. The maximum absolute atomic E-state index is 13.8. The minimum Gasteiger partial charge on any atom is -1.00 e. The molecule has 2 unspecified atom stereocenters. The highest BCUT2D eigenvalue weighted by Gasteiger charge is 2.28. The summed E-state index contributed by atoms with van der Waals surface area (Å²) in [5, 5.41) is 7.60. The molecule has 14 heteroatoms. The number of guanidine groups is 1. The number of anilines is 1. The molecule has 4 aromatic rings. The first kappa shape index (κ1) is 37.8. The normalized spacial score (nSPS) is 12.4. The number of alkyl carbamates (subject to hydrolysis) is 1. The summed E-state index contributed by atoms with van der Waals surface area (Å²) in [5.74, 6) is -0.833. The molecule has 53 heavy (non-hydrogen) atoms. The van der Waals surface area contributed by atoms with Crippen LogP contribution in [-0.2, 0) is 27.4 Å². The number of aromatic amines is 1. The molecular weight excluding hydrogens is 696 g/mol. The van der Waals surface area contributed by atoms with Gasteiger partial charge in [-0.3, -0.25) is 14.6 Å². The molecule has 1 aliphatic carbocycles. The van der Waals surface area contributed by atoms with Gasteiger partial charge in [0.2, 0.25) is 22.9 Å². The molecule has 0 saturated carbocycles. The predicted molar refractivity (Wildman–Crippen MR) is 197 cm³/mol. The summed E-state index contributed by atoms with van der Waals surface area (Å²) in [7, 11) is 0. The summed E-state index contributed by atoms with van der Waals surface area (Å²) < 4.78 is 11.6. The highest BCUT2D eigenvalue weighted by atomic mass is 35.5. The fourth-order valence-corrected chi connectivity index (χ4v) is 5.81. The van der Waals surface area contributed by atoms with Gasteiger partial charge in [-0.25, -0.2) is 9.79 Å². The van der Waals surface area contributed by atoms with Crippen molar-refractivity contribution in [2.24, 2.45) is 21.5 Å². The zero-order valence-electron chi connectivity index (χ0n) is 28.6. The molecule has 3 amide bonds. The molecule has 0 saturated heterocycles. The van der Waals surface area contributed by atoms with Crippen LogP contribution in [0.3, 0.4) is 0 Å². The average molecular weight is 735 g/mol. The zero-order chi connectivity index (χ0) is 36.5. The molecule has 0 radical (unpaired) electrons. The van der Waals surface area contributed by atoms with Crippen LogP contribution >= 0.6 is 0 Å². The number of halogens is 1. The summed E-state index contributed by atoms with van der Waals surface area (Å²) in [6.07, 6.45) is -0.0949. The number of nitrogen functional groups attached to an aromatic ring is 1. The number of nitrogens with one attached hydrogen (secondary N) is 3. The molecule has 272 valence electrons. The number of hydrogen-bond donors (Lipinski definition) is 5. The minimum atomic E-state index is -1.07. The average Bonchev–Trinajstić information content (AvgIpc) is 3.15. The van der Waals surface area contributed by atoms with Gasteiger partial charge in [-0.05, 0) is 36.1 Å². The lowest BCUT2D eigenvalue weighted by Gasteiger charge is -2.22. The van der Waals surface area contributed by atoms with Gasteiger partial charge in [0, 0.05) is 42.2 Å². The zero-order valence-corrected chi connectivity index (χ0v) is 29.4. The fraction of sp³-hybridized carbons (Fsp3) is 0.179. The first-order valence-corrected chi connectivity index (χ1v) is 16.8. The number of H-pyrrole nitrogens is 1. The van der Waals surface area contributed by atoms with Crippen molar-refractivity contribution < 1.29 is 40.9 Å². The number of aliphatic imine (C=N–C) groups is 1. The van der Waals surface area contributed by atoms with E-state index in [4.69, 9.17) is 26.4 Å². The molecule has 0 aromatic heterocycles. The molecule has 1 aliphatic heterocycles. The summed E-state index contributed by atoms with van der Waals surface area (Å²) in [6, 6.07) is 30.8. The molecule has 13 nitrogen and oxygen atoms in total. The van der Waals surface area contributed by atoms with Crippen LogP contribution in [0.4, 0.5) is 10.5 Å². The van der Waals surface area contributed by atoms with Gasteiger partial charge < -0.3 is 49.4 Å². The van der Waals surface area contributed by atoms with Gasteiger partial charge in [-0.1, -0.05) is 78.9 Å². The van der Waals surface area contributed by atoms with Crippen LogP contribution in [0.2, 0.25) is 0 Å². The second-order valence-corrected chi connectivity index (χ2v) is 12.2. The maximum Gasteiger partial charge on any atom is 0.408 e. The number of aromatic nitrogens is 1. The predicted octanol–water partition coefficient (Wildman–Crippen LogP) is 0.595. The van der Waals surface area contributed by atoms with E-state index in [-0.39, 0.29) is 44.4 Å². The van der Waals surface area contributed by atoms with E-state index in [9.17, 15) is 14.4 Å². The smallest absolute Gasteiger partial charge is 0.408 e. The van der Waals surface area contributed by atoms with E-state index in [1.807, 2.05) is 84.9 Å². The lowest BCUT2D eigenvalue weighted by Crippen LogP contribution is -3.00. The van der Waals surface area contributed by atoms with Gasteiger partial charge >= 0.3 is 6.09 Å². The number of nitrogens with zero attached hydrogens (tertiary/aromatic N) is 2. The maximum atomic E-state index is 13.8. The Morgan fingerprint density at radius 1 is 0.811 bits per heavy atom. The number of amides is 3. The van der Waals surface area contributed by atoms with Gasteiger partial charge in [0.1, 0.15) is 18.7 Å². The van der Waals surface area contributed by atoms with Gasteiger partial charge in [-0.2, -0.15) is 4.98 Å². The van der Waals surface area contributed by atoms with Gasteiger partial charge in [-0.15, -0.1) is 0 Å². The van der Waals surface area contributed by atoms with Crippen molar-refractivity contribution in [3.8, 4) is 11.5 Å². The largest absolute Gasteiger partial charge is 1.00 e. The first-order valence-electron chi connectivity index (χ1n) is 16.8. The van der Waals surface area contributed by atoms with E-state index in [1.54, 1.807) is 24.3 Å². The van der Waals surface area contributed by atoms with Crippen molar-refractivity contribution in [2.75, 3.05) is 12.3 Å². The van der Waals surface area contributed by atoms with Crippen LogP contribution in [0.5, 0.6) is 0 Å². The molecule has 1 heterocycles. The second-order valence-electron chi connectivity index (χ2n) is 12.2. The van der Waals surface area contributed by atoms with Crippen molar-refractivity contribution in [1.82, 2.24) is 10.6 Å². The number of fused-ring (bicyclic) bond motifs is 4. The van der Waals surface area contributed by atoms with Crippen LogP contribution in [0.25, 0.3) is 33.3 Å². The van der Waals surface area contributed by atoms with Crippen LogP contribution in [0.1, 0.15) is 24.0 Å². The van der Waals surface area contributed by atoms with E-state index in [2.05, 4.69) is 25.6 Å². The Morgan fingerprint density at radius 3 is 2.21 bits per heavy atom. The molecule has 9 N–H and O–H groups in total. The quantitative estimate of drug-likeness (QED) is 0.0299. The molecule has 2 aliphatic rings. The highest BCUT2D eigenvalue weighted by molar-refractivity contribution is 6.07. The lowest BCUT2D eigenvalue weighted by molar-refractivity contribution is -0.332. The van der Waals surface area contributed by atoms with E-state index in [1.165, 1.54) is 0 Å².